The second-order valence-electron chi connectivity index (χ2n) is 6.09. The Hall–Kier alpha value is -1.75. The molecule has 1 amide bonds. The lowest BCUT2D eigenvalue weighted by molar-refractivity contribution is 0.0251. The summed E-state index contributed by atoms with van der Waals surface area (Å²) in [6.45, 7) is 0.729. The van der Waals surface area contributed by atoms with Crippen LogP contribution in [0.2, 0.25) is 0 Å². The number of carbonyl (C=O) groups is 1. The summed E-state index contributed by atoms with van der Waals surface area (Å²) >= 11 is 0. The lowest BCUT2D eigenvalue weighted by Gasteiger charge is -2.49. The van der Waals surface area contributed by atoms with Gasteiger partial charge in [-0.1, -0.05) is 0 Å². The highest BCUT2D eigenvalue weighted by Crippen LogP contribution is 2.37. The molecule has 0 bridgehead atoms. The van der Waals surface area contributed by atoms with E-state index in [4.69, 9.17) is 10.5 Å². The maximum Gasteiger partial charge on any atom is 0.257 e. The summed E-state index contributed by atoms with van der Waals surface area (Å²) in [5.74, 6) is 0.499. The standard InChI is InChI=1S/C16H25N3O2/c1-18(2)16(8-5-9-16)11-19(3)15(20)13-7-6-12(17)10-14(13)21-4/h6-7,10H,5,8-9,11,17H2,1-4H3. The fraction of sp³-hybridized carbons (Fsp3) is 0.562. The van der Waals surface area contributed by atoms with Gasteiger partial charge >= 0.3 is 0 Å². The van der Waals surface area contributed by atoms with Crippen molar-refractivity contribution in [2.24, 2.45) is 0 Å². The van der Waals surface area contributed by atoms with Crippen LogP contribution in [0.3, 0.4) is 0 Å². The third kappa shape index (κ3) is 2.97. The Morgan fingerprint density at radius 3 is 2.48 bits per heavy atom. The van der Waals surface area contributed by atoms with E-state index >= 15 is 0 Å². The van der Waals surface area contributed by atoms with Crippen molar-refractivity contribution in [3.63, 3.8) is 0 Å². The average Bonchev–Trinajstić information content (AvgIpc) is 2.41. The molecule has 1 aromatic rings. The largest absolute Gasteiger partial charge is 0.496 e. The van der Waals surface area contributed by atoms with Crippen molar-refractivity contribution in [3.05, 3.63) is 23.8 Å². The predicted octanol–water partition coefficient (Wildman–Crippen LogP) is 1.83. The van der Waals surface area contributed by atoms with Gasteiger partial charge in [0, 0.05) is 30.9 Å². The van der Waals surface area contributed by atoms with Crippen LogP contribution in [-0.4, -0.2) is 56.0 Å². The number of nitrogen functional groups attached to an aromatic ring is 1. The van der Waals surface area contributed by atoms with E-state index in [0.717, 1.165) is 19.4 Å². The van der Waals surface area contributed by atoms with Crippen molar-refractivity contribution in [2.45, 2.75) is 24.8 Å². The molecule has 0 unspecified atom stereocenters. The van der Waals surface area contributed by atoms with Gasteiger partial charge in [0.1, 0.15) is 5.75 Å². The van der Waals surface area contributed by atoms with Crippen LogP contribution < -0.4 is 10.5 Å². The second kappa shape index (κ2) is 5.93. The van der Waals surface area contributed by atoms with Crippen molar-refractivity contribution in [1.82, 2.24) is 9.80 Å². The highest BCUT2D eigenvalue weighted by Gasteiger charge is 2.40. The number of rotatable bonds is 5. The molecule has 0 spiro atoms. The number of amides is 1. The number of likely N-dealkylation sites (N-methyl/N-ethyl adjacent to an activating group) is 2. The Kier molecular flexibility index (Phi) is 4.42. The molecule has 116 valence electrons. The summed E-state index contributed by atoms with van der Waals surface area (Å²) in [4.78, 5) is 16.7. The molecular formula is C16H25N3O2. The van der Waals surface area contributed by atoms with Crippen LogP contribution in [0, 0.1) is 0 Å². The number of nitrogens with zero attached hydrogens (tertiary/aromatic N) is 2. The first kappa shape index (κ1) is 15.6. The molecule has 0 radical (unpaired) electrons. The number of methoxy groups -OCH3 is 1. The zero-order valence-electron chi connectivity index (χ0n) is 13.3. The molecule has 1 aromatic carbocycles. The highest BCUT2D eigenvalue weighted by atomic mass is 16.5. The van der Waals surface area contributed by atoms with Gasteiger partial charge in [0.2, 0.25) is 0 Å². The minimum atomic E-state index is -0.0278. The molecule has 0 aromatic heterocycles. The van der Waals surface area contributed by atoms with E-state index in [1.54, 1.807) is 30.2 Å². The SMILES string of the molecule is COc1cc(N)ccc1C(=O)N(C)CC1(N(C)C)CCC1. The Bertz CT molecular complexity index is 524. The maximum atomic E-state index is 12.7. The monoisotopic (exact) mass is 291 g/mol. The lowest BCUT2D eigenvalue weighted by Crippen LogP contribution is -2.57. The third-order valence-corrected chi connectivity index (χ3v) is 4.57. The van der Waals surface area contributed by atoms with Crippen molar-refractivity contribution >= 4 is 11.6 Å². The Balaban J connectivity index is 2.16. The summed E-state index contributed by atoms with van der Waals surface area (Å²) in [5, 5.41) is 0. The van der Waals surface area contributed by atoms with Crippen LogP contribution in [0.1, 0.15) is 29.6 Å². The van der Waals surface area contributed by atoms with Gasteiger partial charge in [-0.05, 0) is 45.5 Å². The smallest absolute Gasteiger partial charge is 0.257 e. The highest BCUT2D eigenvalue weighted by molar-refractivity contribution is 5.97. The van der Waals surface area contributed by atoms with Gasteiger partial charge in [-0.2, -0.15) is 0 Å². The van der Waals surface area contributed by atoms with Gasteiger partial charge < -0.3 is 20.3 Å². The molecular weight excluding hydrogens is 266 g/mol. The van der Waals surface area contributed by atoms with Crippen molar-refractivity contribution < 1.29 is 9.53 Å². The van der Waals surface area contributed by atoms with Gasteiger partial charge in [0.05, 0.1) is 12.7 Å². The Morgan fingerprint density at radius 2 is 2.00 bits per heavy atom. The molecule has 0 aliphatic heterocycles. The number of nitrogens with two attached hydrogens (primary N) is 1. The van der Waals surface area contributed by atoms with E-state index < -0.39 is 0 Å². The molecule has 2 N–H and O–H groups in total. The third-order valence-electron chi connectivity index (χ3n) is 4.57. The number of anilines is 1. The van der Waals surface area contributed by atoms with E-state index in [9.17, 15) is 4.79 Å². The summed E-state index contributed by atoms with van der Waals surface area (Å²) in [6, 6.07) is 5.15. The number of hydrogen-bond donors (Lipinski definition) is 1. The quantitative estimate of drug-likeness (QED) is 0.841. The fourth-order valence-corrected chi connectivity index (χ4v) is 2.94. The predicted molar refractivity (Wildman–Crippen MR) is 84.6 cm³/mol. The minimum Gasteiger partial charge on any atom is -0.496 e. The van der Waals surface area contributed by atoms with Crippen molar-refractivity contribution in [3.8, 4) is 5.75 Å². The van der Waals surface area contributed by atoms with Gasteiger partial charge in [0.15, 0.2) is 0 Å². The minimum absolute atomic E-state index is 0.0278. The summed E-state index contributed by atoms with van der Waals surface area (Å²) < 4.78 is 5.28. The molecule has 5 nitrogen and oxygen atoms in total. The first-order valence-corrected chi connectivity index (χ1v) is 7.26. The van der Waals surface area contributed by atoms with Crippen LogP contribution in [0.15, 0.2) is 18.2 Å². The summed E-state index contributed by atoms with van der Waals surface area (Å²) in [5.41, 5.74) is 7.01. The molecule has 1 aliphatic rings. The van der Waals surface area contributed by atoms with Gasteiger partial charge in [-0.25, -0.2) is 0 Å². The van der Waals surface area contributed by atoms with E-state index in [0.29, 0.717) is 17.0 Å². The molecule has 0 heterocycles. The molecule has 1 aliphatic carbocycles. The normalized spacial score (nSPS) is 16.4. The molecule has 1 saturated carbocycles. The van der Waals surface area contributed by atoms with Crippen molar-refractivity contribution in [2.75, 3.05) is 40.5 Å². The topological polar surface area (TPSA) is 58.8 Å². The van der Waals surface area contributed by atoms with E-state index in [1.807, 2.05) is 7.05 Å². The number of benzene rings is 1. The zero-order chi connectivity index (χ0) is 15.6. The van der Waals surface area contributed by atoms with Gasteiger partial charge in [-0.15, -0.1) is 0 Å². The second-order valence-corrected chi connectivity index (χ2v) is 6.09. The zero-order valence-corrected chi connectivity index (χ0v) is 13.3. The fourth-order valence-electron chi connectivity index (χ4n) is 2.94. The maximum absolute atomic E-state index is 12.7. The van der Waals surface area contributed by atoms with Crippen LogP contribution in [0.25, 0.3) is 0 Å². The van der Waals surface area contributed by atoms with E-state index in [2.05, 4.69) is 19.0 Å². The molecule has 0 atom stereocenters. The average molecular weight is 291 g/mol. The molecule has 5 heteroatoms. The first-order chi connectivity index (χ1) is 9.89. The van der Waals surface area contributed by atoms with Crippen LogP contribution >= 0.6 is 0 Å². The Labute approximate surface area is 126 Å². The van der Waals surface area contributed by atoms with Crippen molar-refractivity contribution in [1.29, 1.82) is 0 Å². The van der Waals surface area contributed by atoms with E-state index in [1.165, 1.54) is 6.42 Å². The van der Waals surface area contributed by atoms with Crippen LogP contribution in [0.5, 0.6) is 5.75 Å². The molecule has 21 heavy (non-hydrogen) atoms. The summed E-state index contributed by atoms with van der Waals surface area (Å²) in [7, 11) is 7.57. The van der Waals surface area contributed by atoms with Gasteiger partial charge in [-0.3, -0.25) is 4.79 Å². The molecule has 1 fully saturated rings. The number of hydrogen-bond acceptors (Lipinski definition) is 4. The van der Waals surface area contributed by atoms with Crippen LogP contribution in [-0.2, 0) is 0 Å². The Morgan fingerprint density at radius 1 is 1.33 bits per heavy atom. The number of carbonyl (C=O) groups excluding carboxylic acids is 1. The molecule has 2 rings (SSSR count). The molecule has 0 saturated heterocycles. The lowest BCUT2D eigenvalue weighted by atomic mass is 9.75. The first-order valence-electron chi connectivity index (χ1n) is 7.26. The van der Waals surface area contributed by atoms with E-state index in [-0.39, 0.29) is 11.4 Å². The number of ether oxygens (including phenoxy) is 1. The van der Waals surface area contributed by atoms with Gasteiger partial charge in [0.25, 0.3) is 5.91 Å². The van der Waals surface area contributed by atoms with Crippen LogP contribution in [0.4, 0.5) is 5.69 Å². The summed E-state index contributed by atoms with van der Waals surface area (Å²) in [6.07, 6.45) is 3.50.